The normalized spacial score (nSPS) is 12.5. The van der Waals surface area contributed by atoms with E-state index in [-0.39, 0.29) is 0 Å². The Balaban J connectivity index is 2.36. The molecule has 1 atom stereocenters. The van der Waals surface area contributed by atoms with Crippen molar-refractivity contribution in [2.75, 3.05) is 0 Å². The van der Waals surface area contributed by atoms with E-state index in [0.29, 0.717) is 5.56 Å². The highest BCUT2D eigenvalue weighted by molar-refractivity contribution is 6.22. The second-order valence-electron chi connectivity index (χ2n) is 3.98. The Morgan fingerprint density at radius 2 is 1.41 bits per heavy atom. The van der Waals surface area contributed by atoms with Crippen molar-refractivity contribution in [1.82, 2.24) is 0 Å². The summed E-state index contributed by atoms with van der Waals surface area (Å²) in [7, 11) is 0. The van der Waals surface area contributed by atoms with Crippen molar-refractivity contribution < 1.29 is 8.78 Å². The first kappa shape index (κ1) is 12.1. The second kappa shape index (κ2) is 4.84. The van der Waals surface area contributed by atoms with Gasteiger partial charge in [-0.3, -0.25) is 0 Å². The maximum Gasteiger partial charge on any atom is 0.126 e. The monoisotopic (exact) mass is 252 g/mol. The number of alkyl halides is 1. The van der Waals surface area contributed by atoms with Gasteiger partial charge in [0.25, 0.3) is 0 Å². The molecule has 0 fully saturated rings. The van der Waals surface area contributed by atoms with Crippen molar-refractivity contribution in [3.8, 4) is 0 Å². The molecule has 0 aliphatic rings. The molecule has 2 aromatic carbocycles. The van der Waals surface area contributed by atoms with Crippen LogP contribution in [0, 0.1) is 18.6 Å². The van der Waals surface area contributed by atoms with Gasteiger partial charge in [-0.1, -0.05) is 29.8 Å². The van der Waals surface area contributed by atoms with Gasteiger partial charge in [0.15, 0.2) is 0 Å². The minimum Gasteiger partial charge on any atom is -0.207 e. The van der Waals surface area contributed by atoms with Crippen LogP contribution >= 0.6 is 11.6 Å². The van der Waals surface area contributed by atoms with Gasteiger partial charge in [0, 0.05) is 6.07 Å². The summed E-state index contributed by atoms with van der Waals surface area (Å²) < 4.78 is 26.1. The molecule has 0 spiro atoms. The van der Waals surface area contributed by atoms with Gasteiger partial charge < -0.3 is 0 Å². The molecule has 3 heteroatoms. The Labute approximate surface area is 104 Å². The lowest BCUT2D eigenvalue weighted by molar-refractivity contribution is 0.580. The summed E-state index contributed by atoms with van der Waals surface area (Å²) in [5, 5.41) is -0.541. The largest absolute Gasteiger partial charge is 0.207 e. The van der Waals surface area contributed by atoms with E-state index in [1.165, 1.54) is 12.1 Å². The summed E-state index contributed by atoms with van der Waals surface area (Å²) in [4.78, 5) is 0. The van der Waals surface area contributed by atoms with Crippen molar-refractivity contribution in [3.63, 3.8) is 0 Å². The van der Waals surface area contributed by atoms with E-state index in [4.69, 9.17) is 11.6 Å². The quantitative estimate of drug-likeness (QED) is 0.685. The number of halogens is 3. The molecule has 17 heavy (non-hydrogen) atoms. The van der Waals surface area contributed by atoms with Gasteiger partial charge in [-0.2, -0.15) is 0 Å². The van der Waals surface area contributed by atoms with Crippen LogP contribution < -0.4 is 0 Å². The molecule has 1 unspecified atom stereocenters. The van der Waals surface area contributed by atoms with Crippen LogP contribution in [0.25, 0.3) is 0 Å². The summed E-state index contributed by atoms with van der Waals surface area (Å²) in [5.74, 6) is -1.23. The number of hydrogen-bond donors (Lipinski definition) is 0. The molecule has 0 aliphatic carbocycles. The van der Waals surface area contributed by atoms with Crippen molar-refractivity contribution in [2.24, 2.45) is 0 Å². The van der Waals surface area contributed by atoms with Crippen molar-refractivity contribution in [3.05, 3.63) is 70.8 Å². The van der Waals surface area contributed by atoms with Gasteiger partial charge in [-0.05, 0) is 30.2 Å². The summed E-state index contributed by atoms with van der Waals surface area (Å²) in [6.45, 7) is 1.97. The maximum atomic E-state index is 13.1. The van der Waals surface area contributed by atoms with Crippen LogP contribution in [0.3, 0.4) is 0 Å². The first-order valence-corrected chi connectivity index (χ1v) is 5.66. The Morgan fingerprint density at radius 3 is 1.94 bits per heavy atom. The zero-order valence-corrected chi connectivity index (χ0v) is 10.0. The Hall–Kier alpha value is -1.41. The standard InChI is InChI=1S/C14H11ClF2/c1-9-2-4-10(5-3-9)14(15)11-6-12(16)8-13(17)7-11/h2-8,14H,1H3. The van der Waals surface area contributed by atoms with E-state index in [1.54, 1.807) is 0 Å². The van der Waals surface area contributed by atoms with E-state index in [1.807, 2.05) is 31.2 Å². The van der Waals surface area contributed by atoms with Gasteiger partial charge in [0.2, 0.25) is 0 Å². The lowest BCUT2D eigenvalue weighted by Crippen LogP contribution is -1.95. The Morgan fingerprint density at radius 1 is 0.882 bits per heavy atom. The molecule has 0 N–H and O–H groups in total. The first-order chi connectivity index (χ1) is 8.06. The predicted octanol–water partition coefficient (Wildman–Crippen LogP) is 4.60. The molecule has 2 rings (SSSR count). The van der Waals surface area contributed by atoms with Gasteiger partial charge in [-0.25, -0.2) is 8.78 Å². The zero-order chi connectivity index (χ0) is 12.4. The topological polar surface area (TPSA) is 0 Å². The minimum absolute atomic E-state index is 0.424. The van der Waals surface area contributed by atoms with Crippen LogP contribution in [0.5, 0.6) is 0 Å². The van der Waals surface area contributed by atoms with Crippen LogP contribution in [-0.2, 0) is 0 Å². The fourth-order valence-corrected chi connectivity index (χ4v) is 1.92. The van der Waals surface area contributed by atoms with E-state index in [9.17, 15) is 8.78 Å². The third-order valence-corrected chi connectivity index (χ3v) is 3.05. The Bertz CT molecular complexity index is 500. The molecule has 0 aromatic heterocycles. The molecular formula is C14H11ClF2. The highest BCUT2D eigenvalue weighted by atomic mass is 35.5. The van der Waals surface area contributed by atoms with Gasteiger partial charge in [-0.15, -0.1) is 11.6 Å². The fourth-order valence-electron chi connectivity index (χ4n) is 1.65. The third-order valence-electron chi connectivity index (χ3n) is 2.55. The third kappa shape index (κ3) is 2.83. The molecule has 0 bridgehead atoms. The van der Waals surface area contributed by atoms with Gasteiger partial charge in [0.1, 0.15) is 11.6 Å². The fraction of sp³-hybridized carbons (Fsp3) is 0.143. The molecule has 2 aromatic rings. The summed E-state index contributed by atoms with van der Waals surface area (Å²) in [6, 6.07) is 10.9. The lowest BCUT2D eigenvalue weighted by atomic mass is 10.0. The summed E-state index contributed by atoms with van der Waals surface area (Å²) in [5.41, 5.74) is 2.36. The van der Waals surface area contributed by atoms with Gasteiger partial charge >= 0.3 is 0 Å². The van der Waals surface area contributed by atoms with Crippen molar-refractivity contribution in [1.29, 1.82) is 0 Å². The molecule has 0 aliphatic heterocycles. The highest BCUT2D eigenvalue weighted by Crippen LogP contribution is 2.29. The number of aryl methyl sites for hydroxylation is 1. The van der Waals surface area contributed by atoms with Crippen LogP contribution in [0.15, 0.2) is 42.5 Å². The SMILES string of the molecule is Cc1ccc(C(Cl)c2cc(F)cc(F)c2)cc1. The number of rotatable bonds is 2. The molecule has 0 saturated heterocycles. The Kier molecular flexibility index (Phi) is 3.43. The number of benzene rings is 2. The minimum atomic E-state index is -0.613. The van der Waals surface area contributed by atoms with Crippen LogP contribution in [0.2, 0.25) is 0 Å². The molecule has 0 nitrogen and oxygen atoms in total. The highest BCUT2D eigenvalue weighted by Gasteiger charge is 2.12. The molecule has 88 valence electrons. The number of hydrogen-bond acceptors (Lipinski definition) is 0. The predicted molar refractivity (Wildman–Crippen MR) is 65.2 cm³/mol. The van der Waals surface area contributed by atoms with E-state index >= 15 is 0 Å². The lowest BCUT2D eigenvalue weighted by Gasteiger charge is -2.11. The second-order valence-corrected chi connectivity index (χ2v) is 4.41. The van der Waals surface area contributed by atoms with E-state index in [2.05, 4.69) is 0 Å². The maximum absolute atomic E-state index is 13.1. The molecule has 0 heterocycles. The summed E-state index contributed by atoms with van der Waals surface area (Å²) in [6.07, 6.45) is 0. The van der Waals surface area contributed by atoms with E-state index < -0.39 is 17.0 Å². The van der Waals surface area contributed by atoms with Crippen molar-refractivity contribution in [2.45, 2.75) is 12.3 Å². The average molecular weight is 253 g/mol. The van der Waals surface area contributed by atoms with Crippen LogP contribution in [-0.4, -0.2) is 0 Å². The van der Waals surface area contributed by atoms with Gasteiger partial charge in [0.05, 0.1) is 5.38 Å². The zero-order valence-electron chi connectivity index (χ0n) is 9.25. The van der Waals surface area contributed by atoms with E-state index in [0.717, 1.165) is 17.2 Å². The van der Waals surface area contributed by atoms with Crippen molar-refractivity contribution >= 4 is 11.6 Å². The molecule has 0 amide bonds. The molecular weight excluding hydrogens is 242 g/mol. The molecule has 0 saturated carbocycles. The smallest absolute Gasteiger partial charge is 0.126 e. The average Bonchev–Trinajstić information content (AvgIpc) is 2.28. The van der Waals surface area contributed by atoms with Crippen LogP contribution in [0.4, 0.5) is 8.78 Å². The molecule has 0 radical (unpaired) electrons. The van der Waals surface area contributed by atoms with Crippen LogP contribution in [0.1, 0.15) is 22.1 Å². The summed E-state index contributed by atoms with van der Waals surface area (Å²) >= 11 is 6.19. The first-order valence-electron chi connectivity index (χ1n) is 5.23.